The van der Waals surface area contributed by atoms with Gasteiger partial charge in [-0.15, -0.1) is 0 Å². The van der Waals surface area contributed by atoms with Crippen molar-refractivity contribution >= 4 is 52.9 Å². The number of anilines is 2. The molecule has 140 valence electrons. The van der Waals surface area contributed by atoms with Gasteiger partial charge in [0.1, 0.15) is 18.3 Å². The lowest BCUT2D eigenvalue weighted by Gasteiger charge is -2.24. The first-order valence-electron chi connectivity index (χ1n) is 7.82. The highest BCUT2D eigenvalue weighted by Crippen LogP contribution is 2.27. The van der Waals surface area contributed by atoms with Gasteiger partial charge in [-0.3, -0.25) is 9.69 Å². The molecule has 0 spiro atoms. The fraction of sp³-hybridized carbons (Fsp3) is 0.400. The molecule has 0 bridgehead atoms. The molecule has 3 rings (SSSR count). The number of rotatable bonds is 5. The zero-order valence-corrected chi connectivity index (χ0v) is 15.0. The molecule has 1 atom stereocenters. The molecule has 8 nitrogen and oxygen atoms in total. The molecule has 2 aliphatic rings. The van der Waals surface area contributed by atoms with Crippen LogP contribution < -0.4 is 20.5 Å². The molecule has 0 aromatic heterocycles. The molecule has 1 fully saturated rings. The summed E-state index contributed by atoms with van der Waals surface area (Å²) in [6.07, 6.45) is 0.306. The van der Waals surface area contributed by atoms with Crippen LogP contribution in [0.5, 0.6) is 0 Å². The summed E-state index contributed by atoms with van der Waals surface area (Å²) in [6, 6.07) is 4.47. The molecule has 11 heteroatoms. The van der Waals surface area contributed by atoms with E-state index in [4.69, 9.17) is 27.9 Å². The Morgan fingerprint density at radius 1 is 1.50 bits per heavy atom. The minimum atomic E-state index is -1.20. The summed E-state index contributed by atoms with van der Waals surface area (Å²) in [5, 5.41) is 6.36. The number of amides is 2. The first-order valence-corrected chi connectivity index (χ1v) is 8.69. The van der Waals surface area contributed by atoms with Gasteiger partial charge in [0, 0.05) is 6.54 Å². The van der Waals surface area contributed by atoms with Crippen LogP contribution >= 0.6 is 23.2 Å². The Balaban J connectivity index is 1.66. The predicted octanol–water partition coefficient (Wildman–Crippen LogP) is 1.42. The zero-order valence-electron chi connectivity index (χ0n) is 13.5. The van der Waals surface area contributed by atoms with E-state index in [0.29, 0.717) is 24.5 Å². The maximum atomic E-state index is 14.5. The van der Waals surface area contributed by atoms with Crippen molar-refractivity contribution in [3.63, 3.8) is 0 Å². The maximum absolute atomic E-state index is 14.5. The molecule has 26 heavy (non-hydrogen) atoms. The summed E-state index contributed by atoms with van der Waals surface area (Å²) in [7, 11) is 0. The second-order valence-electron chi connectivity index (χ2n) is 5.64. The fourth-order valence-corrected chi connectivity index (χ4v) is 2.77. The third-order valence-corrected chi connectivity index (χ3v) is 4.28. The molecule has 0 unspecified atom stereocenters. The van der Waals surface area contributed by atoms with E-state index in [2.05, 4.69) is 15.8 Å². The van der Waals surface area contributed by atoms with Crippen LogP contribution in [0.4, 0.5) is 20.6 Å². The Morgan fingerprint density at radius 3 is 2.96 bits per heavy atom. The number of hydrogen-bond acceptors (Lipinski definition) is 6. The second kappa shape index (κ2) is 7.96. The van der Waals surface area contributed by atoms with Gasteiger partial charge in [-0.1, -0.05) is 23.2 Å². The number of carbonyl (C=O) groups is 2. The van der Waals surface area contributed by atoms with Gasteiger partial charge >= 0.3 is 6.09 Å². The van der Waals surface area contributed by atoms with Crippen molar-refractivity contribution in [3.8, 4) is 0 Å². The van der Waals surface area contributed by atoms with Crippen molar-refractivity contribution in [1.82, 2.24) is 10.7 Å². The average Bonchev–Trinajstić information content (AvgIpc) is 3.01. The molecule has 1 aromatic rings. The van der Waals surface area contributed by atoms with Crippen LogP contribution in [0.15, 0.2) is 23.3 Å². The monoisotopic (exact) mass is 403 g/mol. The number of cyclic esters (lactones) is 1. The number of nitrogens with one attached hydrogen (secondary N) is 2. The molecule has 0 saturated carbocycles. The number of ether oxygens (including phenoxy) is 1. The molecular weight excluding hydrogens is 388 g/mol. The smallest absolute Gasteiger partial charge is 0.414 e. The Bertz CT molecular complexity index is 733. The van der Waals surface area contributed by atoms with E-state index in [-0.39, 0.29) is 13.1 Å². The van der Waals surface area contributed by atoms with Crippen LogP contribution in [0.1, 0.15) is 0 Å². The number of alkyl halides is 2. The fourth-order valence-electron chi connectivity index (χ4n) is 2.61. The number of halogens is 3. The number of benzene rings is 1. The Kier molecular flexibility index (Phi) is 5.67. The van der Waals surface area contributed by atoms with Gasteiger partial charge in [0.05, 0.1) is 31.0 Å². The average molecular weight is 404 g/mol. The Hall–Kier alpha value is -2.26. The summed E-state index contributed by atoms with van der Waals surface area (Å²) in [5.74, 6) is -1.05. The van der Waals surface area contributed by atoms with Crippen molar-refractivity contribution in [3.05, 3.63) is 24.0 Å². The lowest BCUT2D eigenvalue weighted by atomic mass is 10.2. The lowest BCUT2D eigenvalue weighted by molar-refractivity contribution is -0.119. The van der Waals surface area contributed by atoms with E-state index >= 15 is 0 Å². The van der Waals surface area contributed by atoms with Gasteiger partial charge in [0.2, 0.25) is 0 Å². The van der Waals surface area contributed by atoms with Crippen molar-refractivity contribution in [2.75, 3.05) is 36.0 Å². The molecule has 0 aliphatic carbocycles. The summed E-state index contributed by atoms with van der Waals surface area (Å²) >= 11 is 10.9. The van der Waals surface area contributed by atoms with Gasteiger partial charge in [-0.25, -0.2) is 9.18 Å². The summed E-state index contributed by atoms with van der Waals surface area (Å²) in [6.45, 7) is 1.42. The van der Waals surface area contributed by atoms with E-state index in [1.807, 2.05) is 0 Å². The summed E-state index contributed by atoms with van der Waals surface area (Å²) in [4.78, 5) is 25.2. The lowest BCUT2D eigenvalue weighted by Crippen LogP contribution is -2.37. The van der Waals surface area contributed by atoms with Crippen molar-refractivity contribution in [2.45, 2.75) is 10.9 Å². The predicted molar refractivity (Wildman–Crippen MR) is 96.4 cm³/mol. The number of hydrogen-bond donors (Lipinski definition) is 2. The molecule has 2 aliphatic heterocycles. The maximum Gasteiger partial charge on any atom is 0.414 e. The minimum absolute atomic E-state index is 0.0643. The molecule has 2 heterocycles. The standard InChI is InChI=1S/C15H16Cl2FN5O3/c16-13(17)14(24)19-6-10-7-23(15(25)26-10)9-1-2-12(11(18)5-9)22-4-3-20-21-8-22/h1-2,5,8,10,13,20H,3-4,6-7H2,(H,19,24)/t10-/m0/s1. The van der Waals surface area contributed by atoms with E-state index in [1.54, 1.807) is 17.0 Å². The first kappa shape index (κ1) is 18.5. The van der Waals surface area contributed by atoms with Gasteiger partial charge in [-0.05, 0) is 18.2 Å². The zero-order chi connectivity index (χ0) is 18.7. The molecule has 1 saturated heterocycles. The highest BCUT2D eigenvalue weighted by Gasteiger charge is 2.33. The number of nitrogens with zero attached hydrogens (tertiary/aromatic N) is 3. The van der Waals surface area contributed by atoms with Gasteiger partial charge in [0.15, 0.2) is 4.84 Å². The van der Waals surface area contributed by atoms with Crippen molar-refractivity contribution in [1.29, 1.82) is 0 Å². The topological polar surface area (TPSA) is 86.3 Å². The third kappa shape index (κ3) is 4.10. The van der Waals surface area contributed by atoms with Gasteiger partial charge in [0.25, 0.3) is 5.91 Å². The van der Waals surface area contributed by atoms with Crippen LogP contribution in [0.25, 0.3) is 0 Å². The molecule has 0 radical (unpaired) electrons. The van der Waals surface area contributed by atoms with Crippen LogP contribution in [0, 0.1) is 5.82 Å². The van der Waals surface area contributed by atoms with Gasteiger partial charge in [-0.2, -0.15) is 5.10 Å². The minimum Gasteiger partial charge on any atom is -0.442 e. The quantitative estimate of drug-likeness (QED) is 0.726. The van der Waals surface area contributed by atoms with E-state index in [0.717, 1.165) is 0 Å². The van der Waals surface area contributed by atoms with Crippen molar-refractivity contribution < 1.29 is 18.7 Å². The van der Waals surface area contributed by atoms with E-state index in [1.165, 1.54) is 17.3 Å². The largest absolute Gasteiger partial charge is 0.442 e. The SMILES string of the molecule is O=C(NC[C@H]1CN(c2ccc(N3C=NNCC3)c(F)c2)C(=O)O1)C(Cl)Cl. The van der Waals surface area contributed by atoms with Crippen LogP contribution in [0.2, 0.25) is 0 Å². The molecule has 1 aromatic carbocycles. The van der Waals surface area contributed by atoms with E-state index in [9.17, 15) is 14.0 Å². The van der Waals surface area contributed by atoms with Crippen LogP contribution in [-0.2, 0) is 9.53 Å². The molecular formula is C15H16Cl2FN5O3. The summed E-state index contributed by atoms with van der Waals surface area (Å²) < 4.78 is 19.6. The van der Waals surface area contributed by atoms with Crippen LogP contribution in [0.3, 0.4) is 0 Å². The number of hydrazone groups is 1. The second-order valence-corrected chi connectivity index (χ2v) is 6.74. The molecule has 2 amide bonds. The Morgan fingerprint density at radius 2 is 2.31 bits per heavy atom. The summed E-state index contributed by atoms with van der Waals surface area (Å²) in [5.41, 5.74) is 3.52. The number of carbonyl (C=O) groups excluding carboxylic acids is 2. The third-order valence-electron chi connectivity index (χ3n) is 3.88. The Labute approximate surface area is 158 Å². The normalized spacial score (nSPS) is 19.5. The molecule has 2 N–H and O–H groups in total. The highest BCUT2D eigenvalue weighted by molar-refractivity contribution is 6.53. The van der Waals surface area contributed by atoms with Crippen molar-refractivity contribution in [2.24, 2.45) is 5.10 Å². The van der Waals surface area contributed by atoms with Crippen LogP contribution in [-0.4, -0.2) is 55.5 Å². The van der Waals surface area contributed by atoms with E-state index < -0.39 is 28.8 Å². The van der Waals surface area contributed by atoms with Gasteiger partial charge < -0.3 is 20.4 Å². The first-order chi connectivity index (χ1) is 12.5. The highest BCUT2D eigenvalue weighted by atomic mass is 35.5.